The van der Waals surface area contributed by atoms with Gasteiger partial charge >= 0.3 is 0 Å². The van der Waals surface area contributed by atoms with Crippen molar-refractivity contribution in [2.24, 2.45) is 0 Å². The molecule has 0 radical (unpaired) electrons. The standard InChI is InChI=1S/C15H14N4O2/c1-16-13-7-6-11(8-15(13)19(20)21)10-18-14-5-3-2-4-12(14)9-17-18/h2-9,16H,10H2,1H3. The predicted octanol–water partition coefficient (Wildman–Crippen LogP) is 3.03. The van der Waals surface area contributed by atoms with Crippen LogP contribution in [0.5, 0.6) is 0 Å². The summed E-state index contributed by atoms with van der Waals surface area (Å²) >= 11 is 0. The van der Waals surface area contributed by atoms with Crippen LogP contribution >= 0.6 is 0 Å². The maximum absolute atomic E-state index is 11.1. The summed E-state index contributed by atoms with van der Waals surface area (Å²) in [5.74, 6) is 0. The van der Waals surface area contributed by atoms with E-state index in [4.69, 9.17) is 0 Å². The van der Waals surface area contributed by atoms with Gasteiger partial charge in [0.15, 0.2) is 0 Å². The molecule has 0 saturated carbocycles. The van der Waals surface area contributed by atoms with Crippen molar-refractivity contribution in [2.75, 3.05) is 12.4 Å². The van der Waals surface area contributed by atoms with Gasteiger partial charge in [-0.15, -0.1) is 0 Å². The molecular weight excluding hydrogens is 268 g/mol. The predicted molar refractivity (Wildman–Crippen MR) is 81.5 cm³/mol. The number of hydrogen-bond acceptors (Lipinski definition) is 4. The van der Waals surface area contributed by atoms with E-state index in [1.165, 1.54) is 0 Å². The van der Waals surface area contributed by atoms with Crippen molar-refractivity contribution in [1.82, 2.24) is 9.78 Å². The van der Waals surface area contributed by atoms with Gasteiger partial charge in [-0.2, -0.15) is 5.10 Å². The Labute approximate surface area is 121 Å². The molecule has 21 heavy (non-hydrogen) atoms. The van der Waals surface area contributed by atoms with Crippen LogP contribution in [-0.4, -0.2) is 21.8 Å². The van der Waals surface area contributed by atoms with Gasteiger partial charge in [0, 0.05) is 18.5 Å². The summed E-state index contributed by atoms with van der Waals surface area (Å²) in [6.07, 6.45) is 1.80. The van der Waals surface area contributed by atoms with Crippen LogP contribution in [0.25, 0.3) is 10.9 Å². The average molecular weight is 282 g/mol. The molecule has 1 aromatic heterocycles. The zero-order valence-electron chi connectivity index (χ0n) is 11.5. The van der Waals surface area contributed by atoms with E-state index >= 15 is 0 Å². The lowest BCUT2D eigenvalue weighted by Crippen LogP contribution is -2.03. The molecule has 1 N–H and O–H groups in total. The van der Waals surface area contributed by atoms with E-state index in [1.54, 1.807) is 25.4 Å². The van der Waals surface area contributed by atoms with Crippen LogP contribution in [-0.2, 0) is 6.54 Å². The molecule has 0 aliphatic heterocycles. The van der Waals surface area contributed by atoms with Gasteiger partial charge in [-0.1, -0.05) is 24.3 Å². The number of para-hydroxylation sites is 1. The van der Waals surface area contributed by atoms with E-state index in [0.29, 0.717) is 12.2 Å². The Morgan fingerprint density at radius 3 is 2.86 bits per heavy atom. The highest BCUT2D eigenvalue weighted by molar-refractivity contribution is 5.78. The first-order valence-corrected chi connectivity index (χ1v) is 6.54. The van der Waals surface area contributed by atoms with Crippen LogP contribution in [0.2, 0.25) is 0 Å². The number of nitrogens with zero attached hydrogens (tertiary/aromatic N) is 3. The molecule has 0 saturated heterocycles. The van der Waals surface area contributed by atoms with Crippen LogP contribution in [0.1, 0.15) is 5.56 Å². The zero-order valence-corrected chi connectivity index (χ0v) is 11.5. The van der Waals surface area contributed by atoms with Gasteiger partial charge < -0.3 is 5.32 Å². The molecule has 0 atom stereocenters. The summed E-state index contributed by atoms with van der Waals surface area (Å²) in [4.78, 5) is 10.7. The molecule has 0 amide bonds. The second kappa shape index (κ2) is 5.24. The molecule has 6 nitrogen and oxygen atoms in total. The fourth-order valence-corrected chi connectivity index (χ4v) is 2.36. The first kappa shape index (κ1) is 13.1. The van der Waals surface area contributed by atoms with E-state index in [9.17, 15) is 10.1 Å². The van der Waals surface area contributed by atoms with Crippen LogP contribution in [0.15, 0.2) is 48.7 Å². The van der Waals surface area contributed by atoms with Crippen LogP contribution in [0.3, 0.4) is 0 Å². The number of fused-ring (bicyclic) bond motifs is 1. The molecule has 2 aromatic carbocycles. The number of hydrogen-bond donors (Lipinski definition) is 1. The number of aromatic nitrogens is 2. The van der Waals surface area contributed by atoms with Crippen molar-refractivity contribution in [3.63, 3.8) is 0 Å². The molecule has 1 heterocycles. The number of nitro groups is 1. The third-order valence-electron chi connectivity index (χ3n) is 3.41. The molecule has 106 valence electrons. The monoisotopic (exact) mass is 282 g/mol. The Kier molecular flexibility index (Phi) is 3.27. The topological polar surface area (TPSA) is 73.0 Å². The van der Waals surface area contributed by atoms with Gasteiger partial charge in [-0.3, -0.25) is 14.8 Å². The molecule has 3 rings (SSSR count). The van der Waals surface area contributed by atoms with Crippen molar-refractivity contribution in [1.29, 1.82) is 0 Å². The lowest BCUT2D eigenvalue weighted by molar-refractivity contribution is -0.384. The van der Waals surface area contributed by atoms with Gasteiger partial charge in [0.05, 0.1) is 23.2 Å². The van der Waals surface area contributed by atoms with Crippen LogP contribution in [0.4, 0.5) is 11.4 Å². The minimum atomic E-state index is -0.378. The smallest absolute Gasteiger partial charge is 0.292 e. The third kappa shape index (κ3) is 2.43. The molecule has 6 heteroatoms. The number of nitrogens with one attached hydrogen (secondary N) is 1. The first-order chi connectivity index (χ1) is 10.2. The number of benzene rings is 2. The molecule has 0 spiro atoms. The summed E-state index contributed by atoms with van der Waals surface area (Å²) < 4.78 is 1.84. The van der Waals surface area contributed by atoms with Gasteiger partial charge in [-0.25, -0.2) is 0 Å². The summed E-state index contributed by atoms with van der Waals surface area (Å²) in [6, 6.07) is 13.1. The van der Waals surface area contributed by atoms with Gasteiger partial charge in [-0.05, 0) is 17.7 Å². The number of rotatable bonds is 4. The summed E-state index contributed by atoms with van der Waals surface area (Å²) in [5.41, 5.74) is 2.44. The SMILES string of the molecule is CNc1ccc(Cn2ncc3ccccc32)cc1[N+](=O)[O-]. The fraction of sp³-hybridized carbons (Fsp3) is 0.133. The average Bonchev–Trinajstić information content (AvgIpc) is 2.90. The Hall–Kier alpha value is -2.89. The van der Waals surface area contributed by atoms with E-state index in [2.05, 4.69) is 10.4 Å². The number of nitro benzene ring substituents is 1. The Morgan fingerprint density at radius 1 is 1.29 bits per heavy atom. The van der Waals surface area contributed by atoms with Crippen molar-refractivity contribution < 1.29 is 4.92 Å². The summed E-state index contributed by atoms with van der Waals surface area (Å²) in [7, 11) is 1.67. The highest BCUT2D eigenvalue weighted by atomic mass is 16.6. The van der Waals surface area contributed by atoms with Crippen molar-refractivity contribution in [2.45, 2.75) is 6.54 Å². The Bertz CT molecular complexity index is 810. The second-order valence-electron chi connectivity index (χ2n) is 4.72. The minimum Gasteiger partial charge on any atom is -0.383 e. The van der Waals surface area contributed by atoms with E-state index in [0.717, 1.165) is 16.5 Å². The summed E-state index contributed by atoms with van der Waals surface area (Å²) in [5, 5.41) is 19.3. The summed E-state index contributed by atoms with van der Waals surface area (Å²) in [6.45, 7) is 0.498. The molecule has 0 bridgehead atoms. The molecule has 0 aliphatic rings. The van der Waals surface area contributed by atoms with Gasteiger partial charge in [0.2, 0.25) is 0 Å². The lowest BCUT2D eigenvalue weighted by atomic mass is 10.1. The quantitative estimate of drug-likeness (QED) is 0.589. The highest BCUT2D eigenvalue weighted by Gasteiger charge is 2.14. The largest absolute Gasteiger partial charge is 0.383 e. The van der Waals surface area contributed by atoms with E-state index < -0.39 is 0 Å². The van der Waals surface area contributed by atoms with E-state index in [1.807, 2.05) is 35.0 Å². The highest BCUT2D eigenvalue weighted by Crippen LogP contribution is 2.25. The molecule has 0 fully saturated rings. The maximum atomic E-state index is 11.1. The molecular formula is C15H14N4O2. The minimum absolute atomic E-state index is 0.0754. The molecule has 3 aromatic rings. The maximum Gasteiger partial charge on any atom is 0.292 e. The molecule has 0 aliphatic carbocycles. The first-order valence-electron chi connectivity index (χ1n) is 6.54. The van der Waals surface area contributed by atoms with Crippen molar-refractivity contribution in [3.8, 4) is 0 Å². The zero-order chi connectivity index (χ0) is 14.8. The van der Waals surface area contributed by atoms with E-state index in [-0.39, 0.29) is 10.6 Å². The Balaban J connectivity index is 1.98. The Morgan fingerprint density at radius 2 is 2.10 bits per heavy atom. The fourth-order valence-electron chi connectivity index (χ4n) is 2.36. The second-order valence-corrected chi connectivity index (χ2v) is 4.72. The van der Waals surface area contributed by atoms with Crippen LogP contribution in [0, 0.1) is 10.1 Å². The lowest BCUT2D eigenvalue weighted by Gasteiger charge is -2.07. The number of anilines is 1. The molecule has 0 unspecified atom stereocenters. The van der Waals surface area contributed by atoms with Crippen molar-refractivity contribution >= 4 is 22.3 Å². The van der Waals surface area contributed by atoms with Gasteiger partial charge in [0.25, 0.3) is 5.69 Å². The normalized spacial score (nSPS) is 10.7. The van der Waals surface area contributed by atoms with Gasteiger partial charge in [0.1, 0.15) is 5.69 Å². The third-order valence-corrected chi connectivity index (χ3v) is 3.41. The van der Waals surface area contributed by atoms with Crippen molar-refractivity contribution in [3.05, 3.63) is 64.3 Å². The van der Waals surface area contributed by atoms with Crippen LogP contribution < -0.4 is 5.32 Å².